The van der Waals surface area contributed by atoms with Crippen LogP contribution in [0.5, 0.6) is 0 Å². The smallest absolute Gasteiger partial charge is 0.323 e. The molecule has 0 aromatic heterocycles. The summed E-state index contributed by atoms with van der Waals surface area (Å²) in [6.45, 7) is 11.0. The number of carbonyl (C=O) groups is 2. The fourth-order valence-electron chi connectivity index (χ4n) is 1.66. The Balaban J connectivity index is 4.50. The maximum Gasteiger partial charge on any atom is 0.323 e. The Hall–Kier alpha value is -1.14. The lowest BCUT2D eigenvalue weighted by Crippen LogP contribution is -2.34. The zero-order valence-corrected chi connectivity index (χ0v) is 16.3. The minimum absolute atomic E-state index is 0.0358. The zero-order chi connectivity index (χ0) is 17.9. The summed E-state index contributed by atoms with van der Waals surface area (Å²) in [7, 11) is -1.23. The van der Waals surface area contributed by atoms with Gasteiger partial charge in [-0.05, 0) is 25.0 Å². The quantitative estimate of drug-likeness (QED) is 0.354. The average Bonchev–Trinajstić information content (AvgIpc) is 2.44. The topological polar surface area (TPSA) is 78.6 Å². The van der Waals surface area contributed by atoms with Crippen LogP contribution in [0.25, 0.3) is 0 Å². The van der Waals surface area contributed by atoms with Crippen LogP contribution >= 0.6 is 0 Å². The second-order valence-corrected chi connectivity index (χ2v) is 12.6. The first-order chi connectivity index (χ1) is 10.7. The third kappa shape index (κ3) is 12.0. The summed E-state index contributed by atoms with van der Waals surface area (Å²) in [5.74, 6) is -0.819. The molecule has 23 heavy (non-hydrogen) atoms. The molecule has 0 amide bonds. The fourth-order valence-corrected chi connectivity index (χ4v) is 2.38. The standard InChI is InChI=1S/C17H33NO4Si/c1-6-8-9-10-14(22-17(20)15(18)7-2)13-16(19)21-11-12-23(3,4)5/h9-10,14-15H,6-8,11-13,18H2,1-5H3/b10-9+/t14-,15+/m1/s1. The van der Waals surface area contributed by atoms with Gasteiger partial charge in [-0.1, -0.05) is 46.0 Å². The highest BCUT2D eigenvalue weighted by molar-refractivity contribution is 6.76. The van der Waals surface area contributed by atoms with Crippen molar-refractivity contribution >= 4 is 20.0 Å². The molecule has 0 saturated heterocycles. The number of unbranched alkanes of at least 4 members (excludes halogenated alkanes) is 1. The second-order valence-electron chi connectivity index (χ2n) is 6.94. The zero-order valence-electron chi connectivity index (χ0n) is 15.3. The Morgan fingerprint density at radius 3 is 2.39 bits per heavy atom. The highest BCUT2D eigenvalue weighted by atomic mass is 28.3. The van der Waals surface area contributed by atoms with Crippen LogP contribution in [-0.2, 0) is 19.1 Å². The van der Waals surface area contributed by atoms with Crippen molar-refractivity contribution < 1.29 is 19.1 Å². The Kier molecular flexibility index (Phi) is 10.8. The summed E-state index contributed by atoms with van der Waals surface area (Å²) in [6.07, 6.45) is 5.48. The van der Waals surface area contributed by atoms with E-state index in [9.17, 15) is 9.59 Å². The van der Waals surface area contributed by atoms with Gasteiger partial charge < -0.3 is 15.2 Å². The minimum Gasteiger partial charge on any atom is -0.466 e. The average molecular weight is 344 g/mol. The number of esters is 2. The summed E-state index contributed by atoms with van der Waals surface area (Å²) >= 11 is 0. The number of nitrogens with two attached hydrogens (primary N) is 1. The fraction of sp³-hybridized carbons (Fsp3) is 0.765. The normalized spacial score (nSPS) is 14.5. The van der Waals surface area contributed by atoms with Gasteiger partial charge in [0.05, 0.1) is 13.0 Å². The first kappa shape index (κ1) is 21.9. The molecule has 5 nitrogen and oxygen atoms in total. The lowest BCUT2D eigenvalue weighted by molar-refractivity contribution is -0.153. The van der Waals surface area contributed by atoms with Gasteiger partial charge in [-0.3, -0.25) is 9.59 Å². The van der Waals surface area contributed by atoms with Crippen LogP contribution in [0.4, 0.5) is 0 Å². The van der Waals surface area contributed by atoms with Crippen molar-refractivity contribution in [2.45, 2.75) is 77.4 Å². The molecule has 0 radical (unpaired) electrons. The predicted octanol–water partition coefficient (Wildman–Crippen LogP) is 3.26. The lowest BCUT2D eigenvalue weighted by atomic mass is 10.2. The second kappa shape index (κ2) is 11.4. The van der Waals surface area contributed by atoms with Gasteiger partial charge in [0.1, 0.15) is 12.1 Å². The Morgan fingerprint density at radius 1 is 1.22 bits per heavy atom. The number of hydrogen-bond acceptors (Lipinski definition) is 5. The van der Waals surface area contributed by atoms with Crippen LogP contribution in [0.2, 0.25) is 25.7 Å². The molecule has 0 aromatic carbocycles. The van der Waals surface area contributed by atoms with Gasteiger partial charge in [0, 0.05) is 8.07 Å². The summed E-state index contributed by atoms with van der Waals surface area (Å²) < 4.78 is 10.6. The van der Waals surface area contributed by atoms with Crippen molar-refractivity contribution in [1.29, 1.82) is 0 Å². The van der Waals surface area contributed by atoms with E-state index in [2.05, 4.69) is 26.6 Å². The molecule has 0 aliphatic heterocycles. The molecule has 0 aliphatic carbocycles. The molecule has 134 valence electrons. The van der Waals surface area contributed by atoms with Crippen molar-refractivity contribution in [3.63, 3.8) is 0 Å². The molecule has 0 rings (SSSR count). The van der Waals surface area contributed by atoms with Gasteiger partial charge >= 0.3 is 11.9 Å². The number of rotatable bonds is 11. The molecule has 2 atom stereocenters. The molecule has 0 spiro atoms. The van der Waals surface area contributed by atoms with Gasteiger partial charge in [0.2, 0.25) is 0 Å². The number of ether oxygens (including phenoxy) is 2. The summed E-state index contributed by atoms with van der Waals surface area (Å²) in [5.41, 5.74) is 5.67. The summed E-state index contributed by atoms with van der Waals surface area (Å²) in [5, 5.41) is 0. The van der Waals surface area contributed by atoms with Gasteiger partial charge in [-0.2, -0.15) is 0 Å². The first-order valence-corrected chi connectivity index (χ1v) is 12.2. The molecule has 0 unspecified atom stereocenters. The molecule has 0 aromatic rings. The molecule has 0 heterocycles. The Morgan fingerprint density at radius 2 is 1.87 bits per heavy atom. The molecule has 0 saturated carbocycles. The highest BCUT2D eigenvalue weighted by Gasteiger charge is 2.21. The third-order valence-electron chi connectivity index (χ3n) is 3.30. The van der Waals surface area contributed by atoms with Crippen LogP contribution in [0.15, 0.2) is 12.2 Å². The van der Waals surface area contributed by atoms with E-state index in [0.29, 0.717) is 13.0 Å². The Labute approximate surface area is 141 Å². The van der Waals surface area contributed by atoms with E-state index < -0.39 is 26.2 Å². The van der Waals surface area contributed by atoms with Crippen molar-refractivity contribution in [3.05, 3.63) is 12.2 Å². The maximum absolute atomic E-state index is 11.9. The lowest BCUT2D eigenvalue weighted by Gasteiger charge is -2.18. The highest BCUT2D eigenvalue weighted by Crippen LogP contribution is 2.10. The SMILES string of the molecule is CCC/C=C/[C@H](CC(=O)OCC[Si](C)(C)C)OC(=O)[C@@H](N)CC. The molecule has 0 fully saturated rings. The van der Waals surface area contributed by atoms with Gasteiger partial charge in [-0.15, -0.1) is 0 Å². The molecular weight excluding hydrogens is 310 g/mol. The molecule has 6 heteroatoms. The molecular formula is C17H33NO4Si. The van der Waals surface area contributed by atoms with Crippen molar-refractivity contribution in [2.24, 2.45) is 5.73 Å². The van der Waals surface area contributed by atoms with E-state index in [1.807, 2.05) is 13.0 Å². The molecule has 0 aliphatic rings. The van der Waals surface area contributed by atoms with Crippen LogP contribution in [-0.4, -0.2) is 38.8 Å². The van der Waals surface area contributed by atoms with Crippen LogP contribution in [0.3, 0.4) is 0 Å². The molecule has 2 N–H and O–H groups in total. The largest absolute Gasteiger partial charge is 0.466 e. The summed E-state index contributed by atoms with van der Waals surface area (Å²) in [4.78, 5) is 23.7. The minimum atomic E-state index is -1.23. The number of carbonyl (C=O) groups excluding carboxylic acids is 2. The first-order valence-electron chi connectivity index (χ1n) is 8.48. The number of allylic oxidation sites excluding steroid dienone is 1. The summed E-state index contributed by atoms with van der Waals surface area (Å²) in [6, 6.07) is 0.273. The predicted molar refractivity (Wildman–Crippen MR) is 95.9 cm³/mol. The van der Waals surface area contributed by atoms with E-state index in [-0.39, 0.29) is 12.4 Å². The third-order valence-corrected chi connectivity index (χ3v) is 5.00. The van der Waals surface area contributed by atoms with Crippen LogP contribution < -0.4 is 5.73 Å². The van der Waals surface area contributed by atoms with E-state index in [1.165, 1.54) is 0 Å². The Bertz CT molecular complexity index is 391. The van der Waals surface area contributed by atoms with Crippen molar-refractivity contribution in [1.82, 2.24) is 0 Å². The van der Waals surface area contributed by atoms with E-state index in [1.54, 1.807) is 6.08 Å². The maximum atomic E-state index is 11.9. The van der Waals surface area contributed by atoms with Gasteiger partial charge in [0.25, 0.3) is 0 Å². The van der Waals surface area contributed by atoms with Crippen LogP contribution in [0, 0.1) is 0 Å². The van der Waals surface area contributed by atoms with Crippen LogP contribution in [0.1, 0.15) is 39.5 Å². The van der Waals surface area contributed by atoms with E-state index in [0.717, 1.165) is 18.9 Å². The van der Waals surface area contributed by atoms with Crippen molar-refractivity contribution in [3.8, 4) is 0 Å². The van der Waals surface area contributed by atoms with E-state index >= 15 is 0 Å². The van der Waals surface area contributed by atoms with Crippen molar-refractivity contribution in [2.75, 3.05) is 6.61 Å². The monoisotopic (exact) mass is 343 g/mol. The van der Waals surface area contributed by atoms with Gasteiger partial charge in [-0.25, -0.2) is 0 Å². The van der Waals surface area contributed by atoms with Gasteiger partial charge in [0.15, 0.2) is 0 Å². The van der Waals surface area contributed by atoms with E-state index in [4.69, 9.17) is 15.2 Å². The molecule has 0 bridgehead atoms. The number of hydrogen-bond donors (Lipinski definition) is 1.